The van der Waals surface area contributed by atoms with Gasteiger partial charge in [0.25, 0.3) is 11.8 Å². The number of aryl methyl sites for hydroxylation is 1. The molecule has 0 aromatic heterocycles. The van der Waals surface area contributed by atoms with Crippen molar-refractivity contribution in [1.82, 2.24) is 4.90 Å². The molecule has 0 bridgehead atoms. The largest absolute Gasteiger partial charge is 0.423 e. The zero-order valence-corrected chi connectivity index (χ0v) is 19.0. The number of nitrogens with zero attached hydrogens (tertiary/aromatic N) is 1. The Labute approximate surface area is 200 Å². The number of amides is 2. The minimum absolute atomic E-state index is 0.00952. The minimum Gasteiger partial charge on any atom is -0.423 e. The molecule has 1 aliphatic rings. The third-order valence-corrected chi connectivity index (χ3v) is 5.61. The Hall–Kier alpha value is -3.61. The molecule has 0 radical (unpaired) electrons. The maximum atomic E-state index is 12.8. The number of hydrogen-bond acceptors (Lipinski definition) is 5. The van der Waals surface area contributed by atoms with E-state index in [-0.39, 0.29) is 17.3 Å². The molecule has 1 aliphatic heterocycles. The van der Waals surface area contributed by atoms with Crippen molar-refractivity contribution >= 4 is 46.7 Å². The van der Waals surface area contributed by atoms with Gasteiger partial charge in [-0.2, -0.15) is 0 Å². The Kier molecular flexibility index (Phi) is 6.49. The zero-order valence-electron chi connectivity index (χ0n) is 17.5. The van der Waals surface area contributed by atoms with Gasteiger partial charge in [-0.15, -0.1) is 0 Å². The molecular weight excluding hydrogens is 463 g/mol. The average Bonchev–Trinajstić information content (AvgIpc) is 3.00. The standard InChI is InChI=1S/C25H18Cl2N2O4/c1-15-13-18(26)9-12-20(15)33-25(32)17-7-10-19(11-8-17)28-22-21(27)23(30)29(24(22)31)14-16-5-3-2-4-6-16/h2-13,28H,14H2,1H3. The molecule has 33 heavy (non-hydrogen) atoms. The lowest BCUT2D eigenvalue weighted by Gasteiger charge is -2.15. The Bertz CT molecular complexity index is 1270. The van der Waals surface area contributed by atoms with Crippen LogP contribution in [0.3, 0.4) is 0 Å². The molecule has 0 atom stereocenters. The average molecular weight is 481 g/mol. The van der Waals surface area contributed by atoms with Crippen LogP contribution in [0.25, 0.3) is 0 Å². The fraction of sp³-hybridized carbons (Fsp3) is 0.0800. The Morgan fingerprint density at radius 1 is 0.939 bits per heavy atom. The van der Waals surface area contributed by atoms with Crippen LogP contribution in [0.2, 0.25) is 5.02 Å². The van der Waals surface area contributed by atoms with Crippen molar-refractivity contribution in [1.29, 1.82) is 0 Å². The van der Waals surface area contributed by atoms with E-state index in [1.165, 1.54) is 0 Å². The highest BCUT2D eigenvalue weighted by atomic mass is 35.5. The Morgan fingerprint density at radius 2 is 1.64 bits per heavy atom. The fourth-order valence-corrected chi connectivity index (χ4v) is 3.74. The van der Waals surface area contributed by atoms with Gasteiger partial charge >= 0.3 is 5.97 Å². The van der Waals surface area contributed by atoms with Crippen LogP contribution < -0.4 is 10.1 Å². The van der Waals surface area contributed by atoms with Crippen molar-refractivity contribution in [3.8, 4) is 5.75 Å². The summed E-state index contributed by atoms with van der Waals surface area (Å²) in [5.41, 5.74) is 2.34. The Balaban J connectivity index is 1.44. The quantitative estimate of drug-likeness (QED) is 0.294. The van der Waals surface area contributed by atoms with Gasteiger partial charge in [-0.1, -0.05) is 53.5 Å². The molecule has 0 unspecified atom stereocenters. The van der Waals surface area contributed by atoms with E-state index in [1.807, 2.05) is 30.3 Å². The van der Waals surface area contributed by atoms with Gasteiger partial charge in [0, 0.05) is 10.7 Å². The van der Waals surface area contributed by atoms with Crippen LogP contribution >= 0.6 is 23.2 Å². The number of carbonyl (C=O) groups excluding carboxylic acids is 3. The lowest BCUT2D eigenvalue weighted by molar-refractivity contribution is -0.138. The SMILES string of the molecule is Cc1cc(Cl)ccc1OC(=O)c1ccc(NC2=C(Cl)C(=O)N(Cc3ccccc3)C2=O)cc1. The van der Waals surface area contributed by atoms with E-state index in [2.05, 4.69) is 5.32 Å². The number of imide groups is 1. The van der Waals surface area contributed by atoms with Crippen LogP contribution in [0.5, 0.6) is 5.75 Å². The number of ether oxygens (including phenoxy) is 1. The third kappa shape index (κ3) is 4.92. The molecule has 8 heteroatoms. The van der Waals surface area contributed by atoms with E-state index < -0.39 is 17.8 Å². The van der Waals surface area contributed by atoms with E-state index in [4.69, 9.17) is 27.9 Å². The lowest BCUT2D eigenvalue weighted by Crippen LogP contribution is -2.31. The number of hydrogen-bond donors (Lipinski definition) is 1. The van der Waals surface area contributed by atoms with Gasteiger partial charge in [0.1, 0.15) is 16.5 Å². The van der Waals surface area contributed by atoms with Crippen molar-refractivity contribution in [2.24, 2.45) is 0 Å². The van der Waals surface area contributed by atoms with Crippen molar-refractivity contribution < 1.29 is 19.1 Å². The molecule has 3 aromatic rings. The lowest BCUT2D eigenvalue weighted by atomic mass is 10.2. The molecular formula is C25H18Cl2N2O4. The molecule has 6 nitrogen and oxygen atoms in total. The van der Waals surface area contributed by atoms with Gasteiger partial charge in [-0.25, -0.2) is 4.79 Å². The first kappa shape index (κ1) is 22.6. The number of benzene rings is 3. The predicted octanol–water partition coefficient (Wildman–Crippen LogP) is 5.30. The highest BCUT2D eigenvalue weighted by molar-refractivity contribution is 6.48. The molecule has 1 heterocycles. The maximum absolute atomic E-state index is 12.8. The second kappa shape index (κ2) is 9.48. The summed E-state index contributed by atoms with van der Waals surface area (Å²) in [6.07, 6.45) is 0. The fourth-order valence-electron chi connectivity index (χ4n) is 3.28. The monoisotopic (exact) mass is 480 g/mol. The molecule has 1 N–H and O–H groups in total. The topological polar surface area (TPSA) is 75.7 Å². The second-order valence-electron chi connectivity index (χ2n) is 7.37. The van der Waals surface area contributed by atoms with E-state index in [9.17, 15) is 14.4 Å². The van der Waals surface area contributed by atoms with E-state index >= 15 is 0 Å². The van der Waals surface area contributed by atoms with Crippen LogP contribution in [0.15, 0.2) is 83.5 Å². The minimum atomic E-state index is -0.563. The maximum Gasteiger partial charge on any atom is 0.343 e. The van der Waals surface area contributed by atoms with Gasteiger partial charge < -0.3 is 10.1 Å². The smallest absolute Gasteiger partial charge is 0.343 e. The highest BCUT2D eigenvalue weighted by Gasteiger charge is 2.37. The number of carbonyl (C=O) groups is 3. The molecule has 2 amide bonds. The normalized spacial score (nSPS) is 13.5. The number of halogens is 2. The van der Waals surface area contributed by atoms with E-state index in [0.717, 1.165) is 16.0 Å². The number of esters is 1. The van der Waals surface area contributed by atoms with E-state index in [1.54, 1.807) is 49.4 Å². The first-order chi connectivity index (χ1) is 15.8. The summed E-state index contributed by atoms with van der Waals surface area (Å²) in [5.74, 6) is -1.20. The number of rotatable bonds is 6. The van der Waals surface area contributed by atoms with Gasteiger partial charge in [0.2, 0.25) is 0 Å². The highest BCUT2D eigenvalue weighted by Crippen LogP contribution is 2.27. The summed E-state index contributed by atoms with van der Waals surface area (Å²) in [6, 6.07) is 20.4. The predicted molar refractivity (Wildman–Crippen MR) is 126 cm³/mol. The van der Waals surface area contributed by atoms with Crippen LogP contribution in [0.1, 0.15) is 21.5 Å². The number of nitrogens with one attached hydrogen (secondary N) is 1. The van der Waals surface area contributed by atoms with Crippen LogP contribution in [0, 0.1) is 6.92 Å². The van der Waals surface area contributed by atoms with E-state index in [0.29, 0.717) is 22.0 Å². The Morgan fingerprint density at radius 3 is 2.30 bits per heavy atom. The first-order valence-electron chi connectivity index (χ1n) is 9.99. The molecule has 3 aromatic carbocycles. The summed E-state index contributed by atoms with van der Waals surface area (Å²) in [4.78, 5) is 38.8. The molecule has 4 rings (SSSR count). The molecule has 0 fully saturated rings. The summed E-state index contributed by atoms with van der Waals surface area (Å²) < 4.78 is 5.42. The van der Waals surface area contributed by atoms with Crippen LogP contribution in [-0.2, 0) is 16.1 Å². The molecule has 0 aliphatic carbocycles. The molecule has 0 spiro atoms. The van der Waals surface area contributed by atoms with Crippen LogP contribution in [-0.4, -0.2) is 22.7 Å². The summed E-state index contributed by atoms with van der Waals surface area (Å²) >= 11 is 12.1. The summed E-state index contributed by atoms with van der Waals surface area (Å²) in [5, 5.41) is 3.26. The van der Waals surface area contributed by atoms with Crippen molar-refractivity contribution in [2.45, 2.75) is 13.5 Å². The van der Waals surface area contributed by atoms with Crippen molar-refractivity contribution in [3.05, 3.63) is 105 Å². The summed E-state index contributed by atoms with van der Waals surface area (Å²) in [6.45, 7) is 1.91. The molecule has 0 saturated heterocycles. The van der Waals surface area contributed by atoms with Gasteiger partial charge in [-0.05, 0) is 60.5 Å². The van der Waals surface area contributed by atoms with Crippen molar-refractivity contribution in [3.63, 3.8) is 0 Å². The van der Waals surface area contributed by atoms with Gasteiger partial charge in [0.15, 0.2) is 0 Å². The number of anilines is 1. The second-order valence-corrected chi connectivity index (χ2v) is 8.19. The van der Waals surface area contributed by atoms with Crippen LogP contribution in [0.4, 0.5) is 5.69 Å². The summed E-state index contributed by atoms with van der Waals surface area (Å²) in [7, 11) is 0. The first-order valence-corrected chi connectivity index (χ1v) is 10.7. The van der Waals surface area contributed by atoms with Crippen molar-refractivity contribution in [2.75, 3.05) is 5.32 Å². The molecule has 166 valence electrons. The third-order valence-electron chi connectivity index (χ3n) is 5.02. The molecule has 0 saturated carbocycles. The van der Waals surface area contributed by atoms with Gasteiger partial charge in [0.05, 0.1) is 12.1 Å². The zero-order chi connectivity index (χ0) is 23.5. The van der Waals surface area contributed by atoms with Gasteiger partial charge in [-0.3, -0.25) is 14.5 Å².